The van der Waals surface area contributed by atoms with Crippen LogP contribution in [0.1, 0.15) is 17.3 Å². The molecule has 5 nitrogen and oxygen atoms in total. The summed E-state index contributed by atoms with van der Waals surface area (Å²) >= 11 is 0. The van der Waals surface area contributed by atoms with E-state index in [4.69, 9.17) is 15.6 Å². The highest BCUT2D eigenvalue weighted by molar-refractivity contribution is 5.95. The summed E-state index contributed by atoms with van der Waals surface area (Å²) in [6, 6.07) is 4.79. The largest absolute Gasteiger partial charge is 0.495 e. The number of benzene rings is 1. The van der Waals surface area contributed by atoms with Crippen molar-refractivity contribution in [2.75, 3.05) is 19.4 Å². The number of nitrogens with one attached hydrogen (secondary N) is 1. The summed E-state index contributed by atoms with van der Waals surface area (Å²) in [6.07, 6.45) is -0.570. The van der Waals surface area contributed by atoms with E-state index in [0.29, 0.717) is 17.0 Å². The van der Waals surface area contributed by atoms with Gasteiger partial charge in [0.15, 0.2) is 0 Å². The molecule has 0 bridgehead atoms. The zero-order valence-corrected chi connectivity index (χ0v) is 9.36. The Kier molecular flexibility index (Phi) is 4.13. The van der Waals surface area contributed by atoms with Gasteiger partial charge in [0.05, 0.1) is 18.9 Å². The van der Waals surface area contributed by atoms with Crippen LogP contribution in [0.15, 0.2) is 18.2 Å². The lowest BCUT2D eigenvalue weighted by atomic mass is 10.1. The Morgan fingerprint density at radius 2 is 2.31 bits per heavy atom. The highest BCUT2D eigenvalue weighted by atomic mass is 16.5. The summed E-state index contributed by atoms with van der Waals surface area (Å²) in [5.41, 5.74) is 6.52. The zero-order valence-electron chi connectivity index (χ0n) is 9.36. The van der Waals surface area contributed by atoms with Gasteiger partial charge >= 0.3 is 0 Å². The molecule has 88 valence electrons. The van der Waals surface area contributed by atoms with Crippen molar-refractivity contribution in [2.24, 2.45) is 0 Å². The third-order valence-corrected chi connectivity index (χ3v) is 2.05. The average molecular weight is 224 g/mol. The monoisotopic (exact) mass is 224 g/mol. The summed E-state index contributed by atoms with van der Waals surface area (Å²) in [7, 11) is 1.51. The number of anilines is 1. The topological polar surface area (TPSA) is 84.6 Å². The van der Waals surface area contributed by atoms with Crippen LogP contribution in [-0.4, -0.2) is 30.8 Å². The molecule has 0 aliphatic heterocycles. The van der Waals surface area contributed by atoms with E-state index in [-0.39, 0.29) is 12.5 Å². The molecule has 0 radical (unpaired) electrons. The predicted molar refractivity (Wildman–Crippen MR) is 61.4 cm³/mol. The van der Waals surface area contributed by atoms with Gasteiger partial charge in [-0.1, -0.05) is 0 Å². The van der Waals surface area contributed by atoms with Crippen LogP contribution in [0, 0.1) is 0 Å². The first-order valence-electron chi connectivity index (χ1n) is 4.94. The third-order valence-electron chi connectivity index (χ3n) is 2.05. The number of hydrogen-bond donors (Lipinski definition) is 3. The fourth-order valence-corrected chi connectivity index (χ4v) is 1.22. The van der Waals surface area contributed by atoms with Gasteiger partial charge < -0.3 is 20.9 Å². The number of methoxy groups -OCH3 is 1. The first-order valence-corrected chi connectivity index (χ1v) is 4.94. The van der Waals surface area contributed by atoms with E-state index < -0.39 is 6.10 Å². The Morgan fingerprint density at radius 1 is 1.62 bits per heavy atom. The number of hydrogen-bond acceptors (Lipinski definition) is 4. The number of nitrogen functional groups attached to an aromatic ring is 1. The molecule has 0 aliphatic carbocycles. The molecule has 0 heterocycles. The van der Waals surface area contributed by atoms with E-state index in [1.54, 1.807) is 19.1 Å². The van der Waals surface area contributed by atoms with Crippen molar-refractivity contribution in [3.63, 3.8) is 0 Å². The number of carbonyl (C=O) groups excluding carboxylic acids is 1. The molecule has 0 saturated carbocycles. The van der Waals surface area contributed by atoms with Gasteiger partial charge in [-0.15, -0.1) is 0 Å². The quantitative estimate of drug-likeness (QED) is 0.646. The molecule has 1 rings (SSSR count). The molecular weight excluding hydrogens is 208 g/mol. The molecule has 16 heavy (non-hydrogen) atoms. The molecule has 0 spiro atoms. The SMILES string of the molecule is COc1ccc(C(=O)NC[C@@H](C)O)cc1N. The molecule has 4 N–H and O–H groups in total. The maximum Gasteiger partial charge on any atom is 0.251 e. The normalized spacial score (nSPS) is 11.9. The summed E-state index contributed by atoms with van der Waals surface area (Å²) in [5, 5.41) is 11.6. The maximum absolute atomic E-state index is 11.6. The minimum absolute atomic E-state index is 0.213. The molecular formula is C11H16N2O3. The highest BCUT2D eigenvalue weighted by Gasteiger charge is 2.08. The van der Waals surface area contributed by atoms with Crippen LogP contribution >= 0.6 is 0 Å². The van der Waals surface area contributed by atoms with Crippen molar-refractivity contribution in [3.05, 3.63) is 23.8 Å². The Balaban J connectivity index is 2.73. The average Bonchev–Trinajstić information content (AvgIpc) is 2.25. The van der Waals surface area contributed by atoms with Crippen molar-refractivity contribution in [1.29, 1.82) is 0 Å². The first-order chi connectivity index (χ1) is 7.54. The predicted octanol–water partition coefficient (Wildman–Crippen LogP) is 0.388. The van der Waals surface area contributed by atoms with Gasteiger partial charge in [-0.05, 0) is 25.1 Å². The molecule has 0 aliphatic rings. The van der Waals surface area contributed by atoms with E-state index >= 15 is 0 Å². The number of amides is 1. The fraction of sp³-hybridized carbons (Fsp3) is 0.364. The Labute approximate surface area is 94.2 Å². The van der Waals surface area contributed by atoms with Crippen LogP contribution in [0.2, 0.25) is 0 Å². The van der Waals surface area contributed by atoms with Gasteiger partial charge in [0, 0.05) is 12.1 Å². The Bertz CT molecular complexity index is 377. The molecule has 1 aromatic rings. The molecule has 0 aromatic heterocycles. The number of aliphatic hydroxyl groups excluding tert-OH is 1. The lowest BCUT2D eigenvalue weighted by molar-refractivity contribution is 0.0924. The molecule has 1 amide bonds. The van der Waals surface area contributed by atoms with Crippen LogP contribution in [0.3, 0.4) is 0 Å². The van der Waals surface area contributed by atoms with E-state index in [9.17, 15) is 4.79 Å². The number of aliphatic hydroxyl groups is 1. The highest BCUT2D eigenvalue weighted by Crippen LogP contribution is 2.21. The van der Waals surface area contributed by atoms with Gasteiger partial charge in [-0.3, -0.25) is 4.79 Å². The second-order valence-corrected chi connectivity index (χ2v) is 3.52. The third kappa shape index (κ3) is 3.13. The van der Waals surface area contributed by atoms with Crippen LogP contribution in [0.4, 0.5) is 5.69 Å². The van der Waals surface area contributed by atoms with E-state index in [0.717, 1.165) is 0 Å². The second-order valence-electron chi connectivity index (χ2n) is 3.52. The Hall–Kier alpha value is -1.75. The zero-order chi connectivity index (χ0) is 12.1. The molecule has 1 aromatic carbocycles. The van der Waals surface area contributed by atoms with E-state index in [2.05, 4.69) is 5.32 Å². The number of carbonyl (C=O) groups is 1. The molecule has 0 saturated heterocycles. The van der Waals surface area contributed by atoms with Gasteiger partial charge in [-0.25, -0.2) is 0 Å². The lowest BCUT2D eigenvalue weighted by Crippen LogP contribution is -2.30. The summed E-state index contributed by atoms with van der Waals surface area (Å²) < 4.78 is 4.98. The minimum Gasteiger partial charge on any atom is -0.495 e. The summed E-state index contributed by atoms with van der Waals surface area (Å²) in [5.74, 6) is 0.266. The van der Waals surface area contributed by atoms with Crippen LogP contribution in [0.5, 0.6) is 5.75 Å². The minimum atomic E-state index is -0.570. The van der Waals surface area contributed by atoms with E-state index in [1.165, 1.54) is 13.2 Å². The van der Waals surface area contributed by atoms with Crippen molar-refractivity contribution < 1.29 is 14.6 Å². The maximum atomic E-state index is 11.6. The second kappa shape index (κ2) is 5.37. The fourth-order valence-electron chi connectivity index (χ4n) is 1.22. The van der Waals surface area contributed by atoms with Crippen molar-refractivity contribution >= 4 is 11.6 Å². The number of ether oxygens (including phenoxy) is 1. The molecule has 0 unspecified atom stereocenters. The molecule has 1 atom stereocenters. The molecule has 0 fully saturated rings. The van der Waals surface area contributed by atoms with E-state index in [1.807, 2.05) is 0 Å². The lowest BCUT2D eigenvalue weighted by Gasteiger charge is -2.09. The summed E-state index contributed by atoms with van der Waals surface area (Å²) in [6.45, 7) is 1.81. The molecule has 5 heteroatoms. The summed E-state index contributed by atoms with van der Waals surface area (Å²) in [4.78, 5) is 11.6. The van der Waals surface area contributed by atoms with Crippen molar-refractivity contribution in [2.45, 2.75) is 13.0 Å². The van der Waals surface area contributed by atoms with Crippen LogP contribution < -0.4 is 15.8 Å². The smallest absolute Gasteiger partial charge is 0.251 e. The van der Waals surface area contributed by atoms with Gasteiger partial charge in [0.1, 0.15) is 5.75 Å². The van der Waals surface area contributed by atoms with Crippen LogP contribution in [0.25, 0.3) is 0 Å². The van der Waals surface area contributed by atoms with Crippen molar-refractivity contribution in [3.8, 4) is 5.75 Å². The standard InChI is InChI=1S/C11H16N2O3/c1-7(14)6-13-11(15)8-3-4-10(16-2)9(12)5-8/h3-5,7,14H,6,12H2,1-2H3,(H,13,15)/t7-/m1/s1. The Morgan fingerprint density at radius 3 is 2.81 bits per heavy atom. The first kappa shape index (κ1) is 12.3. The van der Waals surface area contributed by atoms with Gasteiger partial charge in [-0.2, -0.15) is 0 Å². The van der Waals surface area contributed by atoms with Gasteiger partial charge in [0.2, 0.25) is 0 Å². The van der Waals surface area contributed by atoms with Crippen molar-refractivity contribution in [1.82, 2.24) is 5.32 Å². The number of rotatable bonds is 4. The number of nitrogens with two attached hydrogens (primary N) is 1. The van der Waals surface area contributed by atoms with Crippen LogP contribution in [-0.2, 0) is 0 Å². The van der Waals surface area contributed by atoms with Gasteiger partial charge in [0.25, 0.3) is 5.91 Å².